The third kappa shape index (κ3) is 5.08. The van der Waals surface area contributed by atoms with Crippen molar-refractivity contribution in [2.75, 3.05) is 30.9 Å². The van der Waals surface area contributed by atoms with Gasteiger partial charge in [-0.2, -0.15) is 0 Å². The van der Waals surface area contributed by atoms with Gasteiger partial charge < -0.3 is 10.1 Å². The lowest BCUT2D eigenvalue weighted by atomic mass is 10.2. The Morgan fingerprint density at radius 3 is 2.60 bits per heavy atom. The van der Waals surface area contributed by atoms with Crippen LogP contribution in [-0.4, -0.2) is 53.0 Å². The number of pyridine rings is 2. The van der Waals surface area contributed by atoms with Crippen LogP contribution >= 0.6 is 0 Å². The molecule has 10 nitrogen and oxygen atoms in total. The first-order valence-corrected chi connectivity index (χ1v) is 10.5. The fourth-order valence-corrected chi connectivity index (χ4v) is 3.40. The summed E-state index contributed by atoms with van der Waals surface area (Å²) in [7, 11) is 2.71. The Balaban J connectivity index is 1.69. The highest BCUT2D eigenvalue weighted by molar-refractivity contribution is 6.08. The van der Waals surface area contributed by atoms with Gasteiger partial charge in [-0.05, 0) is 42.5 Å². The topological polar surface area (TPSA) is 118 Å². The van der Waals surface area contributed by atoms with E-state index in [1.54, 1.807) is 53.3 Å². The van der Waals surface area contributed by atoms with Gasteiger partial charge in [0, 0.05) is 30.7 Å². The fourth-order valence-electron chi connectivity index (χ4n) is 3.40. The Kier molecular flexibility index (Phi) is 6.67. The van der Waals surface area contributed by atoms with E-state index in [4.69, 9.17) is 0 Å². The van der Waals surface area contributed by atoms with Gasteiger partial charge in [-0.25, -0.2) is 19.2 Å². The molecule has 178 valence electrons. The zero-order valence-corrected chi connectivity index (χ0v) is 18.9. The Labute approximate surface area is 199 Å². The third-order valence-corrected chi connectivity index (χ3v) is 5.17. The first kappa shape index (κ1) is 23.4. The maximum absolute atomic E-state index is 13.9. The number of nitrogens with zero attached hydrogens (tertiary/aromatic N) is 4. The average Bonchev–Trinajstić information content (AvgIpc) is 3.30. The Morgan fingerprint density at radius 2 is 1.91 bits per heavy atom. The summed E-state index contributed by atoms with van der Waals surface area (Å²) in [6, 6.07) is 12.1. The summed E-state index contributed by atoms with van der Waals surface area (Å²) in [4.78, 5) is 46.6. The van der Waals surface area contributed by atoms with Gasteiger partial charge in [0.05, 0.1) is 24.6 Å². The van der Waals surface area contributed by atoms with E-state index < -0.39 is 23.7 Å². The summed E-state index contributed by atoms with van der Waals surface area (Å²) < 4.78 is 20.1. The lowest BCUT2D eigenvalue weighted by molar-refractivity contribution is -0.119. The van der Waals surface area contributed by atoms with Crippen molar-refractivity contribution in [3.05, 3.63) is 78.5 Å². The smallest absolute Gasteiger partial charge is 0.412 e. The number of halogens is 1. The predicted octanol–water partition coefficient (Wildman–Crippen LogP) is 3.11. The molecule has 0 saturated heterocycles. The van der Waals surface area contributed by atoms with Crippen molar-refractivity contribution in [2.24, 2.45) is 0 Å². The summed E-state index contributed by atoms with van der Waals surface area (Å²) >= 11 is 0. The van der Waals surface area contributed by atoms with Gasteiger partial charge in [-0.3, -0.25) is 24.2 Å². The second-order valence-electron chi connectivity index (χ2n) is 7.38. The third-order valence-electron chi connectivity index (χ3n) is 5.17. The lowest BCUT2D eigenvalue weighted by Gasteiger charge is -2.22. The minimum atomic E-state index is -0.636. The molecule has 3 heterocycles. The van der Waals surface area contributed by atoms with Crippen molar-refractivity contribution in [1.29, 1.82) is 0 Å². The normalized spacial score (nSPS) is 10.6. The van der Waals surface area contributed by atoms with E-state index in [1.807, 2.05) is 0 Å². The van der Waals surface area contributed by atoms with Crippen molar-refractivity contribution >= 4 is 35.1 Å². The number of imidazole rings is 1. The molecular weight excluding hydrogens is 455 g/mol. The van der Waals surface area contributed by atoms with E-state index in [9.17, 15) is 18.8 Å². The van der Waals surface area contributed by atoms with Crippen LogP contribution in [0.2, 0.25) is 0 Å². The number of likely N-dealkylation sites (N-methyl/N-ethyl adjacent to an activating group) is 1. The molecule has 3 aromatic heterocycles. The van der Waals surface area contributed by atoms with Crippen LogP contribution in [0.25, 0.3) is 16.9 Å². The van der Waals surface area contributed by atoms with E-state index in [1.165, 1.54) is 37.3 Å². The Hall–Kier alpha value is -4.80. The number of methoxy groups -OCH3 is 1. The number of ether oxygens (including phenoxy) is 1. The number of anilines is 2. The first-order valence-electron chi connectivity index (χ1n) is 10.5. The molecule has 0 spiro atoms. The van der Waals surface area contributed by atoms with E-state index in [0.717, 1.165) is 0 Å². The van der Waals surface area contributed by atoms with Gasteiger partial charge in [-0.15, -0.1) is 0 Å². The maximum Gasteiger partial charge on any atom is 0.412 e. The molecule has 1 aromatic carbocycles. The zero-order valence-electron chi connectivity index (χ0n) is 18.9. The number of hydrogen-bond acceptors (Lipinski definition) is 6. The number of amides is 3. The number of carbonyl (C=O) groups excluding carboxylic acids is 3. The SMILES string of the molecule is CNC(=O)CN(C(=O)c1ccc2ncc(-c3ccc(NC(=O)OC)nc3)n2c1)c1cccc(F)c1. The van der Waals surface area contributed by atoms with Crippen LogP contribution in [0.1, 0.15) is 10.4 Å². The van der Waals surface area contributed by atoms with Crippen LogP contribution in [-0.2, 0) is 9.53 Å². The maximum atomic E-state index is 13.9. The van der Waals surface area contributed by atoms with Crippen LogP contribution in [0.5, 0.6) is 0 Å². The van der Waals surface area contributed by atoms with E-state index >= 15 is 0 Å². The summed E-state index contributed by atoms with van der Waals surface area (Å²) in [5.41, 5.74) is 2.43. The number of hydrogen-bond donors (Lipinski definition) is 2. The number of aromatic nitrogens is 3. The van der Waals surface area contributed by atoms with Crippen molar-refractivity contribution in [1.82, 2.24) is 19.7 Å². The summed E-state index contributed by atoms with van der Waals surface area (Å²) in [6.07, 6.45) is 4.14. The molecule has 0 aliphatic rings. The van der Waals surface area contributed by atoms with Crippen LogP contribution in [0.3, 0.4) is 0 Å². The molecular formula is C24H21FN6O4. The molecule has 3 amide bonds. The molecule has 0 bridgehead atoms. The largest absolute Gasteiger partial charge is 0.453 e. The highest BCUT2D eigenvalue weighted by Gasteiger charge is 2.22. The number of fused-ring (bicyclic) bond motifs is 1. The number of benzene rings is 1. The second-order valence-corrected chi connectivity index (χ2v) is 7.38. The molecule has 0 aliphatic carbocycles. The number of carbonyl (C=O) groups is 3. The van der Waals surface area contributed by atoms with Gasteiger partial charge in [0.2, 0.25) is 5.91 Å². The van der Waals surface area contributed by atoms with Gasteiger partial charge >= 0.3 is 6.09 Å². The fraction of sp³-hybridized carbons (Fsp3) is 0.125. The summed E-state index contributed by atoms with van der Waals surface area (Å²) in [5, 5.41) is 4.95. The highest BCUT2D eigenvalue weighted by Crippen LogP contribution is 2.24. The molecule has 0 saturated carbocycles. The minimum Gasteiger partial charge on any atom is -0.453 e. The van der Waals surface area contributed by atoms with Crippen LogP contribution in [0.4, 0.5) is 20.7 Å². The van der Waals surface area contributed by atoms with E-state index in [-0.39, 0.29) is 17.8 Å². The molecule has 4 rings (SSSR count). The second kappa shape index (κ2) is 10.00. The highest BCUT2D eigenvalue weighted by atomic mass is 19.1. The van der Waals surface area contributed by atoms with Gasteiger partial charge in [0.25, 0.3) is 5.91 Å². The van der Waals surface area contributed by atoms with Crippen molar-refractivity contribution in [3.63, 3.8) is 0 Å². The first-order chi connectivity index (χ1) is 16.9. The number of rotatable bonds is 6. The molecule has 0 fully saturated rings. The van der Waals surface area contributed by atoms with Crippen LogP contribution in [0.15, 0.2) is 67.1 Å². The lowest BCUT2D eigenvalue weighted by Crippen LogP contribution is -2.40. The average molecular weight is 476 g/mol. The monoisotopic (exact) mass is 476 g/mol. The summed E-state index contributed by atoms with van der Waals surface area (Å²) in [6.45, 7) is -0.286. The van der Waals surface area contributed by atoms with Gasteiger partial charge in [-0.1, -0.05) is 6.07 Å². The Bertz CT molecular complexity index is 1400. The van der Waals surface area contributed by atoms with E-state index in [0.29, 0.717) is 22.7 Å². The zero-order chi connectivity index (χ0) is 24.9. The summed E-state index contributed by atoms with van der Waals surface area (Å²) in [5.74, 6) is -1.11. The van der Waals surface area contributed by atoms with Crippen molar-refractivity contribution < 1.29 is 23.5 Å². The molecule has 4 aromatic rings. The molecule has 0 aliphatic heterocycles. The molecule has 2 N–H and O–H groups in total. The predicted molar refractivity (Wildman–Crippen MR) is 127 cm³/mol. The molecule has 0 radical (unpaired) electrons. The molecule has 0 atom stereocenters. The van der Waals surface area contributed by atoms with Gasteiger partial charge in [0.1, 0.15) is 23.8 Å². The molecule has 0 unspecified atom stereocenters. The quantitative estimate of drug-likeness (QED) is 0.442. The molecule has 11 heteroatoms. The van der Waals surface area contributed by atoms with Crippen LogP contribution in [0, 0.1) is 5.82 Å². The van der Waals surface area contributed by atoms with Crippen molar-refractivity contribution in [3.8, 4) is 11.3 Å². The standard InChI is InChI=1S/C24H21FN6O4/c1-26-22(32)14-30(18-5-3-4-17(25)10-18)23(33)16-7-9-21-28-12-19(31(21)13-16)15-6-8-20(27-11-15)29-24(34)35-2/h3-13H,14H2,1-2H3,(H,26,32)(H,27,29,34). The van der Waals surface area contributed by atoms with Gasteiger partial charge in [0.15, 0.2) is 0 Å². The van der Waals surface area contributed by atoms with E-state index in [2.05, 4.69) is 25.3 Å². The Morgan fingerprint density at radius 1 is 1.09 bits per heavy atom. The molecule has 35 heavy (non-hydrogen) atoms. The minimum absolute atomic E-state index is 0.252. The van der Waals surface area contributed by atoms with Crippen molar-refractivity contribution in [2.45, 2.75) is 0 Å². The van der Waals surface area contributed by atoms with Crippen LogP contribution < -0.4 is 15.5 Å². The number of nitrogens with one attached hydrogen (secondary N) is 2.